The van der Waals surface area contributed by atoms with E-state index >= 15 is 0 Å². The molecule has 1 fully saturated rings. The molecule has 1 aromatic heterocycles. The van der Waals surface area contributed by atoms with Crippen molar-refractivity contribution in [1.82, 2.24) is 9.13 Å². The zero-order chi connectivity index (χ0) is 14.2. The third kappa shape index (κ3) is 2.49. The van der Waals surface area contributed by atoms with E-state index < -0.39 is 11.9 Å². The van der Waals surface area contributed by atoms with E-state index in [0.29, 0.717) is 18.6 Å². The van der Waals surface area contributed by atoms with Crippen molar-refractivity contribution in [2.45, 2.75) is 31.7 Å². The smallest absolute Gasteiger partial charge is 0.332 e. The molecule has 3 atom stereocenters. The van der Waals surface area contributed by atoms with Gasteiger partial charge >= 0.3 is 5.69 Å². The summed E-state index contributed by atoms with van der Waals surface area (Å²) in [5, 5.41) is 0. The van der Waals surface area contributed by atoms with Crippen molar-refractivity contribution in [3.05, 3.63) is 32.6 Å². The number of methoxy groups -OCH3 is 1. The van der Waals surface area contributed by atoms with Crippen molar-refractivity contribution in [1.29, 1.82) is 0 Å². The highest BCUT2D eigenvalue weighted by Gasteiger charge is 2.34. The first-order valence-electron chi connectivity index (χ1n) is 6.14. The van der Waals surface area contributed by atoms with E-state index in [1.807, 2.05) is 0 Å². The molecule has 1 unspecified atom stereocenters. The van der Waals surface area contributed by atoms with Crippen LogP contribution in [0.15, 0.2) is 15.8 Å². The van der Waals surface area contributed by atoms with Crippen molar-refractivity contribution >= 4 is 0 Å². The maximum atomic E-state index is 12.1. The Morgan fingerprint density at radius 3 is 2.84 bits per heavy atom. The molecule has 0 radical (unpaired) electrons. The number of aryl methyl sites for hydroxylation is 1. The van der Waals surface area contributed by atoms with E-state index in [9.17, 15) is 9.59 Å². The third-order valence-electron chi connectivity index (χ3n) is 3.41. The third-order valence-corrected chi connectivity index (χ3v) is 3.41. The standard InChI is InChI=1S/C12H19N3O4/c1-7-5-15(12(17)14(2)11(7)16)10-4-8(13)9(19-10)6-18-3/h5,8-10H,4,6,13H2,1-3H3/t8?,9-,10-/m1/s1. The minimum Gasteiger partial charge on any atom is -0.382 e. The van der Waals surface area contributed by atoms with Gasteiger partial charge in [-0.25, -0.2) is 4.79 Å². The lowest BCUT2D eigenvalue weighted by atomic mass is 10.1. The van der Waals surface area contributed by atoms with E-state index in [2.05, 4.69) is 0 Å². The maximum Gasteiger partial charge on any atom is 0.332 e. The Morgan fingerprint density at radius 2 is 2.21 bits per heavy atom. The molecule has 0 bridgehead atoms. The van der Waals surface area contributed by atoms with Gasteiger partial charge in [0.15, 0.2) is 0 Å². The Kier molecular flexibility index (Phi) is 3.88. The maximum absolute atomic E-state index is 12.1. The Labute approximate surface area is 110 Å². The lowest BCUT2D eigenvalue weighted by molar-refractivity contribution is -0.0366. The molecule has 7 nitrogen and oxygen atoms in total. The summed E-state index contributed by atoms with van der Waals surface area (Å²) in [7, 11) is 3.03. The molecule has 2 rings (SSSR count). The summed E-state index contributed by atoms with van der Waals surface area (Å²) >= 11 is 0. The monoisotopic (exact) mass is 269 g/mol. The number of hydrogen-bond donors (Lipinski definition) is 1. The van der Waals surface area contributed by atoms with E-state index in [-0.39, 0.29) is 17.7 Å². The van der Waals surface area contributed by atoms with Gasteiger partial charge in [-0.2, -0.15) is 0 Å². The number of rotatable bonds is 3. The summed E-state index contributed by atoms with van der Waals surface area (Å²) < 4.78 is 13.3. The molecule has 19 heavy (non-hydrogen) atoms. The average Bonchev–Trinajstić information content (AvgIpc) is 2.73. The fourth-order valence-electron chi connectivity index (χ4n) is 2.30. The second kappa shape index (κ2) is 5.28. The Morgan fingerprint density at radius 1 is 1.53 bits per heavy atom. The molecule has 0 aliphatic carbocycles. The van der Waals surface area contributed by atoms with Crippen LogP contribution in [0.3, 0.4) is 0 Å². The molecular weight excluding hydrogens is 250 g/mol. The van der Waals surface area contributed by atoms with Gasteiger partial charge in [-0.1, -0.05) is 0 Å². The van der Waals surface area contributed by atoms with Crippen LogP contribution in [0.5, 0.6) is 0 Å². The quantitative estimate of drug-likeness (QED) is 0.769. The van der Waals surface area contributed by atoms with Gasteiger partial charge in [0.25, 0.3) is 5.56 Å². The lowest BCUT2D eigenvalue weighted by Crippen LogP contribution is -2.40. The second-order valence-electron chi connectivity index (χ2n) is 4.85. The number of nitrogens with zero attached hydrogens (tertiary/aromatic N) is 2. The van der Waals surface area contributed by atoms with Gasteiger partial charge in [0.1, 0.15) is 6.23 Å². The van der Waals surface area contributed by atoms with Gasteiger partial charge in [-0.15, -0.1) is 0 Å². The normalized spacial score (nSPS) is 26.8. The number of nitrogens with two attached hydrogens (primary N) is 1. The van der Waals surface area contributed by atoms with Gasteiger partial charge in [-0.05, 0) is 6.92 Å². The first-order valence-corrected chi connectivity index (χ1v) is 6.14. The van der Waals surface area contributed by atoms with Gasteiger partial charge in [-0.3, -0.25) is 13.9 Å². The highest BCUT2D eigenvalue weighted by Crippen LogP contribution is 2.26. The summed E-state index contributed by atoms with van der Waals surface area (Å²) in [6.45, 7) is 2.05. The van der Waals surface area contributed by atoms with E-state index in [1.165, 1.54) is 17.8 Å². The van der Waals surface area contributed by atoms with Crippen molar-refractivity contribution in [3.8, 4) is 0 Å². The van der Waals surface area contributed by atoms with Crippen LogP contribution < -0.4 is 17.0 Å². The largest absolute Gasteiger partial charge is 0.382 e. The fraction of sp³-hybridized carbons (Fsp3) is 0.667. The molecule has 0 aromatic carbocycles. The van der Waals surface area contributed by atoms with E-state index in [0.717, 1.165) is 4.57 Å². The van der Waals surface area contributed by atoms with Gasteiger partial charge in [0, 0.05) is 38.4 Å². The lowest BCUT2D eigenvalue weighted by Gasteiger charge is -2.17. The zero-order valence-corrected chi connectivity index (χ0v) is 11.3. The van der Waals surface area contributed by atoms with Crippen molar-refractivity contribution in [3.63, 3.8) is 0 Å². The Balaban J connectivity index is 2.35. The molecule has 0 saturated carbocycles. The summed E-state index contributed by atoms with van der Waals surface area (Å²) in [4.78, 5) is 23.7. The van der Waals surface area contributed by atoms with Crippen LogP contribution in [0.1, 0.15) is 18.2 Å². The van der Waals surface area contributed by atoms with Crippen LogP contribution in [0.2, 0.25) is 0 Å². The molecule has 106 valence electrons. The molecule has 1 aliphatic rings. The van der Waals surface area contributed by atoms with Crippen LogP contribution in [0.25, 0.3) is 0 Å². The van der Waals surface area contributed by atoms with Crippen molar-refractivity contribution < 1.29 is 9.47 Å². The zero-order valence-electron chi connectivity index (χ0n) is 11.3. The summed E-state index contributed by atoms with van der Waals surface area (Å²) in [5.74, 6) is 0. The highest BCUT2D eigenvalue weighted by atomic mass is 16.5. The summed E-state index contributed by atoms with van der Waals surface area (Å²) in [6, 6.07) is -0.186. The highest BCUT2D eigenvalue weighted by molar-refractivity contribution is 5.03. The van der Waals surface area contributed by atoms with Crippen LogP contribution in [0.4, 0.5) is 0 Å². The molecule has 2 N–H and O–H groups in total. The van der Waals surface area contributed by atoms with E-state index in [4.69, 9.17) is 15.2 Å². The number of hydrogen-bond acceptors (Lipinski definition) is 5. The minimum absolute atomic E-state index is 0.186. The predicted octanol–water partition coefficient (Wildman–Crippen LogP) is -0.883. The van der Waals surface area contributed by atoms with E-state index in [1.54, 1.807) is 14.0 Å². The molecule has 1 saturated heterocycles. The predicted molar refractivity (Wildman–Crippen MR) is 69.1 cm³/mol. The van der Waals surface area contributed by atoms with Gasteiger partial charge < -0.3 is 15.2 Å². The summed E-state index contributed by atoms with van der Waals surface area (Å²) in [6.07, 6.45) is 1.36. The minimum atomic E-state index is -0.451. The van der Waals surface area contributed by atoms with Gasteiger partial charge in [0.05, 0.1) is 12.7 Å². The first kappa shape index (κ1) is 14.0. The van der Waals surface area contributed by atoms with Gasteiger partial charge in [0.2, 0.25) is 0 Å². The van der Waals surface area contributed by atoms with Crippen molar-refractivity contribution in [2.24, 2.45) is 12.8 Å². The molecular formula is C12H19N3O4. The number of ether oxygens (including phenoxy) is 2. The molecule has 7 heteroatoms. The Hall–Kier alpha value is -1.44. The molecule has 1 aromatic rings. The molecule has 0 spiro atoms. The average molecular weight is 269 g/mol. The molecule has 2 heterocycles. The SMILES string of the molecule is COC[C@H]1O[C@@H](n2cc(C)c(=O)n(C)c2=O)CC1N. The van der Waals surface area contributed by atoms with Crippen LogP contribution in [0, 0.1) is 6.92 Å². The van der Waals surface area contributed by atoms with Crippen LogP contribution >= 0.6 is 0 Å². The first-order chi connectivity index (χ1) is 8.95. The fourth-order valence-corrected chi connectivity index (χ4v) is 2.30. The molecule has 0 amide bonds. The van der Waals surface area contributed by atoms with Crippen LogP contribution in [-0.2, 0) is 16.5 Å². The topological polar surface area (TPSA) is 88.5 Å². The number of aromatic nitrogens is 2. The summed E-state index contributed by atoms with van der Waals surface area (Å²) in [5.41, 5.74) is 5.76. The second-order valence-corrected chi connectivity index (χ2v) is 4.85. The Bertz CT molecular complexity index is 577. The molecule has 1 aliphatic heterocycles. The van der Waals surface area contributed by atoms with Crippen molar-refractivity contribution in [2.75, 3.05) is 13.7 Å². The van der Waals surface area contributed by atoms with Crippen LogP contribution in [-0.4, -0.2) is 35.0 Å².